The lowest BCUT2D eigenvalue weighted by molar-refractivity contribution is -0.142. The minimum Gasteiger partial charge on any atom is -0.480 e. The molecule has 0 bridgehead atoms. The lowest BCUT2D eigenvalue weighted by atomic mass is 10.0. The van der Waals surface area contributed by atoms with Gasteiger partial charge in [0.05, 0.1) is 12.0 Å². The fourth-order valence-corrected chi connectivity index (χ4v) is 2.63. The number of hydrogen-bond acceptors (Lipinski definition) is 2. The van der Waals surface area contributed by atoms with Gasteiger partial charge in [0.15, 0.2) is 0 Å². The smallest absolute Gasteiger partial charge is 0.416 e. The fourth-order valence-electron chi connectivity index (χ4n) is 2.63. The molecule has 1 aromatic rings. The third-order valence-corrected chi connectivity index (χ3v) is 4.13. The number of carbonyl (C=O) groups excluding carboxylic acids is 1. The molecule has 0 aliphatic rings. The van der Waals surface area contributed by atoms with E-state index < -0.39 is 29.7 Å². The van der Waals surface area contributed by atoms with Crippen molar-refractivity contribution >= 4 is 11.9 Å². The van der Waals surface area contributed by atoms with Crippen molar-refractivity contribution in [2.45, 2.75) is 70.5 Å². The van der Waals surface area contributed by atoms with Crippen molar-refractivity contribution in [1.82, 2.24) is 5.32 Å². The maximum atomic E-state index is 12.5. The van der Waals surface area contributed by atoms with Crippen LogP contribution in [0.25, 0.3) is 0 Å². The molecular formula is C19H26F3NO3. The molecule has 0 spiro atoms. The molecular weight excluding hydrogens is 347 g/mol. The Labute approximate surface area is 151 Å². The van der Waals surface area contributed by atoms with E-state index in [-0.39, 0.29) is 6.42 Å². The summed E-state index contributed by atoms with van der Waals surface area (Å²) in [7, 11) is 0. The summed E-state index contributed by atoms with van der Waals surface area (Å²) in [5.41, 5.74) is -0.382. The van der Waals surface area contributed by atoms with E-state index in [1.165, 1.54) is 12.1 Å². The highest BCUT2D eigenvalue weighted by molar-refractivity contribution is 5.84. The van der Waals surface area contributed by atoms with E-state index in [1.807, 2.05) is 0 Å². The predicted octanol–water partition coefficient (Wildman–Crippen LogP) is 4.57. The molecule has 7 heteroatoms. The van der Waals surface area contributed by atoms with Crippen LogP contribution in [0.2, 0.25) is 0 Å². The number of alkyl halides is 3. The Morgan fingerprint density at radius 1 is 1.04 bits per heavy atom. The Hall–Kier alpha value is -2.05. The number of amides is 1. The average Bonchev–Trinajstić information content (AvgIpc) is 2.56. The molecule has 0 aliphatic carbocycles. The largest absolute Gasteiger partial charge is 0.480 e. The molecule has 0 saturated carbocycles. The number of unbranched alkanes of at least 4 members (excludes halogenated alkanes) is 5. The van der Waals surface area contributed by atoms with Crippen molar-refractivity contribution in [2.24, 2.45) is 0 Å². The Bertz CT molecular complexity index is 570. The molecule has 0 aromatic heterocycles. The molecule has 0 radical (unpaired) electrons. The van der Waals surface area contributed by atoms with Crippen LogP contribution in [0.3, 0.4) is 0 Å². The second kappa shape index (κ2) is 10.8. The van der Waals surface area contributed by atoms with Gasteiger partial charge in [-0.2, -0.15) is 13.2 Å². The Kier molecular flexibility index (Phi) is 9.16. The van der Waals surface area contributed by atoms with Gasteiger partial charge in [0, 0.05) is 0 Å². The fraction of sp³-hybridized carbons (Fsp3) is 0.579. The van der Waals surface area contributed by atoms with E-state index in [0.717, 1.165) is 44.2 Å². The summed E-state index contributed by atoms with van der Waals surface area (Å²) in [6.07, 6.45) is 1.85. The van der Waals surface area contributed by atoms with Crippen LogP contribution in [0.4, 0.5) is 13.2 Å². The summed E-state index contributed by atoms with van der Waals surface area (Å²) >= 11 is 0. The minimum atomic E-state index is -4.42. The van der Waals surface area contributed by atoms with Crippen LogP contribution < -0.4 is 5.32 Å². The Morgan fingerprint density at radius 3 is 2.15 bits per heavy atom. The zero-order chi connectivity index (χ0) is 19.6. The number of nitrogens with one attached hydrogen (secondary N) is 1. The van der Waals surface area contributed by atoms with E-state index in [2.05, 4.69) is 12.2 Å². The number of rotatable bonds is 11. The number of carbonyl (C=O) groups is 2. The van der Waals surface area contributed by atoms with E-state index in [0.29, 0.717) is 18.4 Å². The minimum absolute atomic E-state index is 0.154. The molecule has 2 N–H and O–H groups in total. The molecule has 1 aromatic carbocycles. The molecule has 1 atom stereocenters. The molecule has 0 fully saturated rings. The molecule has 0 saturated heterocycles. The average molecular weight is 373 g/mol. The van der Waals surface area contributed by atoms with E-state index >= 15 is 0 Å². The number of benzene rings is 1. The van der Waals surface area contributed by atoms with Gasteiger partial charge in [0.1, 0.15) is 6.04 Å². The van der Waals surface area contributed by atoms with Crippen LogP contribution in [0.15, 0.2) is 24.3 Å². The molecule has 0 heterocycles. The number of hydrogen-bond donors (Lipinski definition) is 2. The molecule has 26 heavy (non-hydrogen) atoms. The second-order valence-corrected chi connectivity index (χ2v) is 6.39. The first-order valence-electron chi connectivity index (χ1n) is 8.92. The quantitative estimate of drug-likeness (QED) is 0.559. The van der Waals surface area contributed by atoms with Crippen LogP contribution in [0.1, 0.15) is 63.0 Å². The number of halogens is 3. The van der Waals surface area contributed by atoms with Crippen molar-refractivity contribution in [2.75, 3.05) is 0 Å². The first kappa shape index (κ1) is 22.0. The van der Waals surface area contributed by atoms with Gasteiger partial charge in [-0.05, 0) is 24.1 Å². The summed E-state index contributed by atoms with van der Waals surface area (Å²) in [6, 6.07) is 3.31. The first-order chi connectivity index (χ1) is 12.2. The standard InChI is InChI=1S/C19H26F3NO3/c1-2-3-4-5-6-7-8-16(18(25)26)23-17(24)13-14-9-11-15(12-10-14)19(20,21)22/h9-12,16H,2-8,13H2,1H3,(H,23,24)(H,25,26)/t16-/m1/s1. The third-order valence-electron chi connectivity index (χ3n) is 4.13. The zero-order valence-electron chi connectivity index (χ0n) is 14.9. The van der Waals surface area contributed by atoms with E-state index in [1.54, 1.807) is 0 Å². The van der Waals surface area contributed by atoms with Gasteiger partial charge in [-0.3, -0.25) is 4.79 Å². The maximum absolute atomic E-state index is 12.5. The van der Waals surface area contributed by atoms with E-state index in [4.69, 9.17) is 0 Å². The van der Waals surface area contributed by atoms with Crippen molar-refractivity contribution in [3.05, 3.63) is 35.4 Å². The van der Waals surface area contributed by atoms with Gasteiger partial charge < -0.3 is 10.4 Å². The van der Waals surface area contributed by atoms with E-state index in [9.17, 15) is 27.9 Å². The molecule has 0 aliphatic heterocycles. The van der Waals surface area contributed by atoms with Gasteiger partial charge in [-0.25, -0.2) is 4.79 Å². The number of carboxylic acids is 1. The summed E-state index contributed by atoms with van der Waals surface area (Å²) in [5.74, 6) is -1.61. The van der Waals surface area contributed by atoms with Crippen LogP contribution in [0, 0.1) is 0 Å². The number of aliphatic carboxylic acids is 1. The van der Waals surface area contributed by atoms with Gasteiger partial charge in [-0.1, -0.05) is 57.6 Å². The van der Waals surface area contributed by atoms with Crippen LogP contribution in [-0.4, -0.2) is 23.0 Å². The zero-order valence-corrected chi connectivity index (χ0v) is 14.9. The third kappa shape index (κ3) is 8.36. The first-order valence-corrected chi connectivity index (χ1v) is 8.92. The summed E-state index contributed by atoms with van der Waals surface area (Å²) in [5, 5.41) is 11.7. The topological polar surface area (TPSA) is 66.4 Å². The monoisotopic (exact) mass is 373 g/mol. The SMILES string of the molecule is CCCCCCCC[C@@H](NC(=O)Cc1ccc(C(F)(F)F)cc1)C(=O)O. The van der Waals surface area contributed by atoms with Gasteiger partial charge in [0.25, 0.3) is 0 Å². The van der Waals surface area contributed by atoms with Crippen molar-refractivity contribution in [1.29, 1.82) is 0 Å². The van der Waals surface area contributed by atoms with Crippen LogP contribution in [-0.2, 0) is 22.2 Å². The highest BCUT2D eigenvalue weighted by Gasteiger charge is 2.30. The molecule has 4 nitrogen and oxygen atoms in total. The molecule has 1 amide bonds. The van der Waals surface area contributed by atoms with Crippen molar-refractivity contribution in [3.8, 4) is 0 Å². The maximum Gasteiger partial charge on any atom is 0.416 e. The predicted molar refractivity (Wildman–Crippen MR) is 92.7 cm³/mol. The van der Waals surface area contributed by atoms with Gasteiger partial charge in [0.2, 0.25) is 5.91 Å². The van der Waals surface area contributed by atoms with Crippen LogP contribution in [0.5, 0.6) is 0 Å². The molecule has 1 rings (SSSR count). The molecule has 146 valence electrons. The van der Waals surface area contributed by atoms with Crippen molar-refractivity contribution < 1.29 is 27.9 Å². The molecule has 0 unspecified atom stereocenters. The lowest BCUT2D eigenvalue weighted by Gasteiger charge is -2.15. The highest BCUT2D eigenvalue weighted by Crippen LogP contribution is 2.29. The summed E-state index contributed by atoms with van der Waals surface area (Å²) < 4.78 is 37.5. The lowest BCUT2D eigenvalue weighted by Crippen LogP contribution is -2.41. The highest BCUT2D eigenvalue weighted by atomic mass is 19.4. The van der Waals surface area contributed by atoms with Crippen LogP contribution >= 0.6 is 0 Å². The summed E-state index contributed by atoms with van der Waals surface area (Å²) in [6.45, 7) is 2.12. The second-order valence-electron chi connectivity index (χ2n) is 6.39. The van der Waals surface area contributed by atoms with Gasteiger partial charge >= 0.3 is 12.1 Å². The Morgan fingerprint density at radius 2 is 1.62 bits per heavy atom. The normalized spacial score (nSPS) is 12.6. The van der Waals surface area contributed by atoms with Crippen molar-refractivity contribution in [3.63, 3.8) is 0 Å². The summed E-state index contributed by atoms with van der Waals surface area (Å²) in [4.78, 5) is 23.3. The number of carboxylic acid groups (broad SMARTS) is 1. The Balaban J connectivity index is 2.45. The van der Waals surface area contributed by atoms with Gasteiger partial charge in [-0.15, -0.1) is 0 Å².